The highest BCUT2D eigenvalue weighted by molar-refractivity contribution is 5.78. The standard InChI is InChI=1S/C12H18N2O2/c1-3-13-8-12(16)14-9(2)10-5-4-6-11(15)7-10/h4-7,9,13,15H,3,8H2,1-2H3,(H,14,16). The van der Waals surface area contributed by atoms with Crippen LogP contribution < -0.4 is 10.6 Å². The number of aromatic hydroxyl groups is 1. The quantitative estimate of drug-likeness (QED) is 0.701. The van der Waals surface area contributed by atoms with E-state index in [1.807, 2.05) is 19.9 Å². The van der Waals surface area contributed by atoms with Crippen molar-refractivity contribution < 1.29 is 9.90 Å². The number of rotatable bonds is 5. The number of likely N-dealkylation sites (N-methyl/N-ethyl adjacent to an activating group) is 1. The van der Waals surface area contributed by atoms with Crippen LogP contribution in [0.3, 0.4) is 0 Å². The summed E-state index contributed by atoms with van der Waals surface area (Å²) in [5, 5.41) is 15.1. The molecule has 0 aromatic heterocycles. The first kappa shape index (κ1) is 12.5. The van der Waals surface area contributed by atoms with E-state index in [2.05, 4.69) is 10.6 Å². The molecule has 1 aromatic carbocycles. The highest BCUT2D eigenvalue weighted by Crippen LogP contribution is 2.17. The SMILES string of the molecule is CCNCC(=O)NC(C)c1cccc(O)c1. The number of carbonyl (C=O) groups is 1. The molecule has 1 aromatic rings. The second-order valence-electron chi connectivity index (χ2n) is 3.66. The van der Waals surface area contributed by atoms with Gasteiger partial charge in [-0.1, -0.05) is 19.1 Å². The number of hydrogen-bond donors (Lipinski definition) is 3. The maximum atomic E-state index is 11.4. The van der Waals surface area contributed by atoms with Gasteiger partial charge in [-0.15, -0.1) is 0 Å². The van der Waals surface area contributed by atoms with E-state index in [-0.39, 0.29) is 17.7 Å². The van der Waals surface area contributed by atoms with Gasteiger partial charge in [-0.25, -0.2) is 0 Å². The molecular weight excluding hydrogens is 204 g/mol. The number of nitrogens with one attached hydrogen (secondary N) is 2. The van der Waals surface area contributed by atoms with Gasteiger partial charge in [0.2, 0.25) is 5.91 Å². The summed E-state index contributed by atoms with van der Waals surface area (Å²) in [6.45, 7) is 4.93. The van der Waals surface area contributed by atoms with Crippen LogP contribution in [0.15, 0.2) is 24.3 Å². The first-order valence-corrected chi connectivity index (χ1v) is 5.42. The Morgan fingerprint density at radius 1 is 1.50 bits per heavy atom. The minimum atomic E-state index is -0.0988. The summed E-state index contributed by atoms with van der Waals surface area (Å²) in [5.74, 6) is 0.169. The third-order valence-electron chi connectivity index (χ3n) is 2.28. The molecule has 1 amide bonds. The van der Waals surface area contributed by atoms with Crippen molar-refractivity contribution in [2.75, 3.05) is 13.1 Å². The number of amides is 1. The Kier molecular flexibility index (Phi) is 4.79. The largest absolute Gasteiger partial charge is 0.508 e. The second-order valence-corrected chi connectivity index (χ2v) is 3.66. The minimum absolute atomic E-state index is 0.0438. The molecule has 16 heavy (non-hydrogen) atoms. The summed E-state index contributed by atoms with van der Waals surface area (Å²) in [7, 11) is 0. The van der Waals surface area contributed by atoms with E-state index in [1.54, 1.807) is 18.2 Å². The van der Waals surface area contributed by atoms with Crippen molar-refractivity contribution in [1.29, 1.82) is 0 Å². The van der Waals surface area contributed by atoms with E-state index in [1.165, 1.54) is 0 Å². The second kappa shape index (κ2) is 6.12. The van der Waals surface area contributed by atoms with Crippen molar-refractivity contribution in [3.05, 3.63) is 29.8 Å². The molecular formula is C12H18N2O2. The fourth-order valence-electron chi connectivity index (χ4n) is 1.41. The molecule has 0 aliphatic heterocycles. The smallest absolute Gasteiger partial charge is 0.234 e. The molecule has 4 heteroatoms. The highest BCUT2D eigenvalue weighted by atomic mass is 16.3. The zero-order chi connectivity index (χ0) is 12.0. The molecule has 88 valence electrons. The van der Waals surface area contributed by atoms with Gasteiger partial charge in [-0.05, 0) is 31.2 Å². The van der Waals surface area contributed by atoms with Gasteiger partial charge in [0.1, 0.15) is 5.75 Å². The maximum Gasteiger partial charge on any atom is 0.234 e. The minimum Gasteiger partial charge on any atom is -0.508 e. The predicted octanol–water partition coefficient (Wildman–Crippen LogP) is 1.18. The van der Waals surface area contributed by atoms with Crippen molar-refractivity contribution in [1.82, 2.24) is 10.6 Å². The van der Waals surface area contributed by atoms with Crippen molar-refractivity contribution in [3.63, 3.8) is 0 Å². The monoisotopic (exact) mass is 222 g/mol. The lowest BCUT2D eigenvalue weighted by Gasteiger charge is -2.14. The number of phenolic OH excluding ortho intramolecular Hbond substituents is 1. The average Bonchev–Trinajstić information content (AvgIpc) is 2.26. The fourth-order valence-corrected chi connectivity index (χ4v) is 1.41. The number of phenols is 1. The van der Waals surface area contributed by atoms with Crippen LogP contribution in [0, 0.1) is 0 Å². The summed E-state index contributed by atoms with van der Waals surface area (Å²) in [5.41, 5.74) is 0.893. The van der Waals surface area contributed by atoms with Crippen molar-refractivity contribution >= 4 is 5.91 Å². The topological polar surface area (TPSA) is 61.4 Å². The molecule has 0 aliphatic rings. The molecule has 0 aliphatic carbocycles. The van der Waals surface area contributed by atoms with E-state index in [4.69, 9.17) is 0 Å². The van der Waals surface area contributed by atoms with Crippen LogP contribution in [0.25, 0.3) is 0 Å². The van der Waals surface area contributed by atoms with E-state index in [0.717, 1.165) is 12.1 Å². The van der Waals surface area contributed by atoms with Crippen LogP contribution in [0.4, 0.5) is 0 Å². The Bertz CT molecular complexity index is 353. The number of carbonyl (C=O) groups excluding carboxylic acids is 1. The fraction of sp³-hybridized carbons (Fsp3) is 0.417. The van der Waals surface area contributed by atoms with Crippen LogP contribution in [-0.4, -0.2) is 24.1 Å². The Morgan fingerprint density at radius 2 is 2.25 bits per heavy atom. The molecule has 3 N–H and O–H groups in total. The van der Waals surface area contributed by atoms with Crippen LogP contribution >= 0.6 is 0 Å². The van der Waals surface area contributed by atoms with Crippen LogP contribution in [-0.2, 0) is 4.79 Å². The molecule has 0 radical (unpaired) electrons. The zero-order valence-corrected chi connectivity index (χ0v) is 9.66. The van der Waals surface area contributed by atoms with Gasteiger partial charge in [-0.3, -0.25) is 4.79 Å². The third-order valence-corrected chi connectivity index (χ3v) is 2.28. The maximum absolute atomic E-state index is 11.4. The van der Waals surface area contributed by atoms with Gasteiger partial charge in [0.25, 0.3) is 0 Å². The van der Waals surface area contributed by atoms with Crippen molar-refractivity contribution in [3.8, 4) is 5.75 Å². The molecule has 0 spiro atoms. The number of hydrogen-bond acceptors (Lipinski definition) is 3. The molecule has 0 heterocycles. The van der Waals surface area contributed by atoms with Crippen molar-refractivity contribution in [2.24, 2.45) is 0 Å². The molecule has 1 unspecified atom stereocenters. The van der Waals surface area contributed by atoms with E-state index < -0.39 is 0 Å². The Balaban J connectivity index is 2.52. The van der Waals surface area contributed by atoms with Gasteiger partial charge in [-0.2, -0.15) is 0 Å². The summed E-state index contributed by atoms with van der Waals surface area (Å²) in [6, 6.07) is 6.79. The summed E-state index contributed by atoms with van der Waals surface area (Å²) >= 11 is 0. The predicted molar refractivity (Wildman–Crippen MR) is 63.2 cm³/mol. The molecule has 0 fully saturated rings. The Hall–Kier alpha value is -1.55. The van der Waals surface area contributed by atoms with Gasteiger partial charge in [0.15, 0.2) is 0 Å². The Morgan fingerprint density at radius 3 is 2.88 bits per heavy atom. The van der Waals surface area contributed by atoms with Crippen molar-refractivity contribution in [2.45, 2.75) is 19.9 Å². The van der Waals surface area contributed by atoms with Crippen LogP contribution in [0.5, 0.6) is 5.75 Å². The first-order valence-electron chi connectivity index (χ1n) is 5.42. The summed E-state index contributed by atoms with van der Waals surface area (Å²) < 4.78 is 0. The van der Waals surface area contributed by atoms with Gasteiger partial charge < -0.3 is 15.7 Å². The lowest BCUT2D eigenvalue weighted by Crippen LogP contribution is -2.35. The zero-order valence-electron chi connectivity index (χ0n) is 9.66. The molecule has 1 atom stereocenters. The number of benzene rings is 1. The highest BCUT2D eigenvalue weighted by Gasteiger charge is 2.08. The first-order chi connectivity index (χ1) is 7.63. The van der Waals surface area contributed by atoms with E-state index in [0.29, 0.717) is 6.54 Å². The summed E-state index contributed by atoms with van der Waals surface area (Å²) in [6.07, 6.45) is 0. The van der Waals surface area contributed by atoms with Gasteiger partial charge >= 0.3 is 0 Å². The lowest BCUT2D eigenvalue weighted by molar-refractivity contribution is -0.120. The van der Waals surface area contributed by atoms with E-state index >= 15 is 0 Å². The molecule has 0 saturated carbocycles. The average molecular weight is 222 g/mol. The summed E-state index contributed by atoms with van der Waals surface area (Å²) in [4.78, 5) is 11.4. The van der Waals surface area contributed by atoms with Gasteiger partial charge in [0.05, 0.1) is 12.6 Å². The molecule has 0 bridgehead atoms. The normalized spacial score (nSPS) is 12.1. The van der Waals surface area contributed by atoms with E-state index in [9.17, 15) is 9.90 Å². The lowest BCUT2D eigenvalue weighted by atomic mass is 10.1. The van der Waals surface area contributed by atoms with Crippen LogP contribution in [0.1, 0.15) is 25.5 Å². The van der Waals surface area contributed by atoms with Gasteiger partial charge in [0, 0.05) is 0 Å². The molecule has 4 nitrogen and oxygen atoms in total. The molecule has 1 rings (SSSR count). The third kappa shape index (κ3) is 3.90. The Labute approximate surface area is 95.7 Å². The van der Waals surface area contributed by atoms with Crippen LogP contribution in [0.2, 0.25) is 0 Å². The molecule has 0 saturated heterocycles.